The van der Waals surface area contributed by atoms with Crippen molar-refractivity contribution in [1.29, 1.82) is 0 Å². The van der Waals surface area contributed by atoms with Gasteiger partial charge in [-0.3, -0.25) is 4.79 Å². The van der Waals surface area contributed by atoms with E-state index in [1.165, 1.54) is 135 Å². The largest absolute Gasteiger partial charge is 0.394 e. The van der Waals surface area contributed by atoms with Crippen LogP contribution < -0.4 is 5.32 Å². The molecule has 12 atom stereocenters. The third-order valence-corrected chi connectivity index (χ3v) is 14.5. The van der Waals surface area contributed by atoms with Crippen LogP contribution in [0.4, 0.5) is 0 Å². The number of rotatable bonds is 47. The molecule has 2 saturated heterocycles. The van der Waals surface area contributed by atoms with E-state index >= 15 is 0 Å². The second-order valence-electron chi connectivity index (χ2n) is 21.1. The molecule has 0 aliphatic carbocycles. The number of carbonyl (C=O) groups excluding carboxylic acids is 1. The first-order chi connectivity index (χ1) is 36.6. The lowest BCUT2D eigenvalue weighted by Gasteiger charge is -2.46. The zero-order valence-corrected chi connectivity index (χ0v) is 46.8. The van der Waals surface area contributed by atoms with Gasteiger partial charge in [-0.1, -0.05) is 222 Å². The summed E-state index contributed by atoms with van der Waals surface area (Å²) in [5, 5.41) is 87.0. The molecule has 9 N–H and O–H groups in total. The van der Waals surface area contributed by atoms with Gasteiger partial charge >= 0.3 is 0 Å². The summed E-state index contributed by atoms with van der Waals surface area (Å²) < 4.78 is 22.7. The van der Waals surface area contributed by atoms with Crippen LogP contribution in [0.5, 0.6) is 0 Å². The Hall–Kier alpha value is -2.31. The molecule has 436 valence electrons. The van der Waals surface area contributed by atoms with Crippen molar-refractivity contribution < 1.29 is 64.6 Å². The highest BCUT2D eigenvalue weighted by molar-refractivity contribution is 5.76. The topological polar surface area (TPSA) is 228 Å². The molecule has 0 aromatic heterocycles. The van der Waals surface area contributed by atoms with Gasteiger partial charge in [-0.05, 0) is 57.8 Å². The van der Waals surface area contributed by atoms with E-state index in [9.17, 15) is 45.6 Å². The minimum Gasteiger partial charge on any atom is -0.394 e. The molecular formula is C61H109NO13. The normalized spacial score (nSPS) is 25.5. The van der Waals surface area contributed by atoms with Gasteiger partial charge in [0.05, 0.1) is 32.0 Å². The molecule has 0 spiro atoms. The van der Waals surface area contributed by atoms with E-state index < -0.39 is 86.8 Å². The van der Waals surface area contributed by atoms with Crippen LogP contribution in [-0.2, 0) is 23.7 Å². The average Bonchev–Trinajstić information content (AvgIpc) is 3.41. The number of nitrogens with one attached hydrogen (secondary N) is 1. The Morgan fingerprint density at radius 3 is 1.41 bits per heavy atom. The van der Waals surface area contributed by atoms with Crippen LogP contribution in [-0.4, -0.2) is 140 Å². The minimum atomic E-state index is -1.79. The molecule has 0 aromatic rings. The van der Waals surface area contributed by atoms with Gasteiger partial charge in [0.15, 0.2) is 12.6 Å². The van der Waals surface area contributed by atoms with Gasteiger partial charge in [0.2, 0.25) is 5.91 Å². The summed E-state index contributed by atoms with van der Waals surface area (Å²) in [6, 6.07) is -0.914. The van der Waals surface area contributed by atoms with E-state index in [-0.39, 0.29) is 18.9 Å². The first-order valence-electron chi connectivity index (χ1n) is 30.0. The number of hydrogen-bond acceptors (Lipinski definition) is 13. The molecule has 0 aromatic carbocycles. The number of amides is 1. The molecule has 2 fully saturated rings. The van der Waals surface area contributed by atoms with Crippen molar-refractivity contribution in [2.75, 3.05) is 19.8 Å². The maximum absolute atomic E-state index is 13.2. The van der Waals surface area contributed by atoms with E-state index in [1.807, 2.05) is 6.08 Å². The van der Waals surface area contributed by atoms with Crippen molar-refractivity contribution in [2.24, 2.45) is 0 Å². The molecule has 2 rings (SSSR count). The van der Waals surface area contributed by atoms with Crippen molar-refractivity contribution in [1.82, 2.24) is 5.32 Å². The maximum Gasteiger partial charge on any atom is 0.220 e. The lowest BCUT2D eigenvalue weighted by atomic mass is 9.97. The fraction of sp³-hybridized carbons (Fsp3) is 0.820. The monoisotopic (exact) mass is 1060 g/mol. The number of carbonyl (C=O) groups is 1. The van der Waals surface area contributed by atoms with E-state index in [0.29, 0.717) is 6.42 Å². The molecule has 14 nitrogen and oxygen atoms in total. The van der Waals surface area contributed by atoms with Crippen molar-refractivity contribution in [3.05, 3.63) is 60.8 Å². The molecule has 75 heavy (non-hydrogen) atoms. The van der Waals surface area contributed by atoms with Crippen LogP contribution >= 0.6 is 0 Å². The lowest BCUT2D eigenvalue weighted by Crippen LogP contribution is -2.65. The van der Waals surface area contributed by atoms with Gasteiger partial charge in [0.25, 0.3) is 0 Å². The zero-order valence-electron chi connectivity index (χ0n) is 46.8. The highest BCUT2D eigenvalue weighted by Crippen LogP contribution is 2.30. The van der Waals surface area contributed by atoms with Crippen LogP contribution in [0.25, 0.3) is 0 Å². The van der Waals surface area contributed by atoms with Gasteiger partial charge in [-0.25, -0.2) is 0 Å². The van der Waals surface area contributed by atoms with E-state index in [4.69, 9.17) is 18.9 Å². The summed E-state index contributed by atoms with van der Waals surface area (Å²) in [6.45, 7) is 2.67. The van der Waals surface area contributed by atoms with Crippen molar-refractivity contribution in [3.63, 3.8) is 0 Å². The molecule has 2 heterocycles. The highest BCUT2D eigenvalue weighted by Gasteiger charge is 2.51. The van der Waals surface area contributed by atoms with Gasteiger partial charge in [0, 0.05) is 6.42 Å². The molecule has 2 aliphatic heterocycles. The SMILES string of the molecule is CC/C=C\C/C=C\C/C=C\C/C=C\CCCCCCCCCCCCCCCCCCC(=O)NC(COC1OC(CO)C(OC2OC(CO)C(O)C(O)C2O)C(O)C1O)C(O)/C=C/CCCCCCCCCCCC. The standard InChI is InChI=1S/C61H109NO13/c1-3-5-7-9-11-13-15-17-18-19-20-21-22-23-24-25-26-27-28-29-30-31-32-33-35-37-39-41-43-45-53(66)62-49(50(65)44-42-40-38-36-34-16-14-12-10-8-6-4-2)48-72-60-58(71)56(69)59(52(47-64)74-60)75-61-57(70)55(68)54(67)51(46-63)73-61/h5,7,11,13,17-18,20-21,42,44,49-52,54-61,63-65,67-71H,3-4,6,8-10,12,14-16,19,22-41,43,45-48H2,1-2H3,(H,62,66)/b7-5-,13-11-,18-17-,21-20-,44-42+. The predicted octanol–water partition coefficient (Wildman–Crippen LogP) is 10.2. The van der Waals surface area contributed by atoms with Gasteiger partial charge in [-0.2, -0.15) is 0 Å². The third kappa shape index (κ3) is 32.4. The van der Waals surface area contributed by atoms with Crippen LogP contribution in [0.15, 0.2) is 60.8 Å². The van der Waals surface area contributed by atoms with Crippen LogP contribution in [0.2, 0.25) is 0 Å². The fourth-order valence-electron chi connectivity index (χ4n) is 9.64. The summed E-state index contributed by atoms with van der Waals surface area (Å²) in [5.74, 6) is -0.241. The van der Waals surface area contributed by atoms with Gasteiger partial charge < -0.3 is 65.1 Å². The third-order valence-electron chi connectivity index (χ3n) is 14.5. The second kappa shape index (κ2) is 46.6. The fourth-order valence-corrected chi connectivity index (χ4v) is 9.64. The zero-order chi connectivity index (χ0) is 54.6. The Bertz CT molecular complexity index is 1490. The number of ether oxygens (including phenoxy) is 4. The van der Waals surface area contributed by atoms with E-state index in [0.717, 1.165) is 64.2 Å². The lowest BCUT2D eigenvalue weighted by molar-refractivity contribution is -0.359. The molecular weight excluding hydrogens is 955 g/mol. The van der Waals surface area contributed by atoms with Crippen LogP contribution in [0.3, 0.4) is 0 Å². The predicted molar refractivity (Wildman–Crippen MR) is 300 cm³/mol. The van der Waals surface area contributed by atoms with Crippen molar-refractivity contribution >= 4 is 5.91 Å². The first kappa shape index (κ1) is 68.8. The highest BCUT2D eigenvalue weighted by atomic mass is 16.7. The van der Waals surface area contributed by atoms with Crippen molar-refractivity contribution in [3.8, 4) is 0 Å². The molecule has 0 saturated carbocycles. The Labute approximate surface area is 454 Å². The molecule has 12 unspecified atom stereocenters. The first-order valence-corrected chi connectivity index (χ1v) is 30.0. The smallest absolute Gasteiger partial charge is 0.220 e. The quantitative estimate of drug-likeness (QED) is 0.0204. The number of aliphatic hydroxyl groups excluding tert-OH is 8. The molecule has 14 heteroatoms. The van der Waals surface area contributed by atoms with E-state index in [2.05, 4.69) is 67.8 Å². The Morgan fingerprint density at radius 1 is 0.493 bits per heavy atom. The maximum atomic E-state index is 13.2. The Balaban J connectivity index is 1.67. The number of unbranched alkanes of at least 4 members (excludes halogenated alkanes) is 26. The van der Waals surface area contributed by atoms with Crippen LogP contribution in [0, 0.1) is 0 Å². The molecule has 0 radical (unpaired) electrons. The Morgan fingerprint density at radius 2 is 0.920 bits per heavy atom. The van der Waals surface area contributed by atoms with E-state index in [1.54, 1.807) is 6.08 Å². The van der Waals surface area contributed by atoms with Gasteiger partial charge in [-0.15, -0.1) is 0 Å². The number of aliphatic hydroxyl groups is 8. The summed E-state index contributed by atoms with van der Waals surface area (Å²) in [5.41, 5.74) is 0. The summed E-state index contributed by atoms with van der Waals surface area (Å²) >= 11 is 0. The van der Waals surface area contributed by atoms with Gasteiger partial charge in [0.1, 0.15) is 48.8 Å². The van der Waals surface area contributed by atoms with Crippen LogP contribution in [0.1, 0.15) is 226 Å². The Kier molecular flexibility index (Phi) is 42.7. The summed E-state index contributed by atoms with van der Waals surface area (Å²) in [4.78, 5) is 13.2. The average molecular weight is 1060 g/mol. The number of allylic oxidation sites excluding steroid dienone is 9. The minimum absolute atomic E-state index is 0.241. The second-order valence-corrected chi connectivity index (χ2v) is 21.1. The molecule has 1 amide bonds. The molecule has 2 aliphatic rings. The summed E-state index contributed by atoms with van der Waals surface area (Å²) in [7, 11) is 0. The van der Waals surface area contributed by atoms with Crippen molar-refractivity contribution in [2.45, 2.75) is 299 Å². The number of hydrogen-bond donors (Lipinski definition) is 9. The molecule has 0 bridgehead atoms. The summed E-state index contributed by atoms with van der Waals surface area (Å²) in [6.07, 6.45) is 42.7.